The normalized spacial score (nSPS) is 11.7. The van der Waals surface area contributed by atoms with Crippen LogP contribution in [0.5, 0.6) is 0 Å². The molecular formula is C27H22ClFN4O3S. The van der Waals surface area contributed by atoms with Crippen molar-refractivity contribution < 1.29 is 13.6 Å². The monoisotopic (exact) mass is 536 g/mol. The third-order valence-electron chi connectivity index (χ3n) is 5.87. The van der Waals surface area contributed by atoms with Crippen LogP contribution in [0, 0.1) is 31.0 Å². The van der Waals surface area contributed by atoms with E-state index in [-0.39, 0.29) is 44.3 Å². The van der Waals surface area contributed by atoms with Crippen molar-refractivity contribution in [2.24, 2.45) is 0 Å². The number of aryl methyl sites for hydroxylation is 1. The number of hydrogen-bond acceptors (Lipinski definition) is 7. The lowest BCUT2D eigenvalue weighted by molar-refractivity contribution is 0.0980. The molecule has 0 fully saturated rings. The number of benzene rings is 2. The van der Waals surface area contributed by atoms with Crippen molar-refractivity contribution in [1.82, 2.24) is 9.71 Å². The number of nitriles is 1. The minimum Gasteiger partial charge on any atom is -0.455 e. The van der Waals surface area contributed by atoms with Crippen LogP contribution in [-0.4, -0.2) is 17.1 Å². The summed E-state index contributed by atoms with van der Waals surface area (Å²) in [5.41, 5.74) is 2.07. The third kappa shape index (κ3) is 5.03. The maximum atomic E-state index is 15.0. The Balaban J connectivity index is 1.89. The highest BCUT2D eigenvalue weighted by atomic mass is 35.5. The molecule has 1 unspecified atom stereocenters. The van der Waals surface area contributed by atoms with E-state index >= 15 is 4.39 Å². The summed E-state index contributed by atoms with van der Waals surface area (Å²) in [5, 5.41) is 13.0. The number of pyridine rings is 1. The first-order valence-electron chi connectivity index (χ1n) is 11.2. The molecule has 0 radical (unpaired) electrons. The number of hydrogen-bond donors (Lipinski definition) is 2. The first kappa shape index (κ1) is 26.2. The summed E-state index contributed by atoms with van der Waals surface area (Å²) >= 11 is 7.16. The molecule has 0 aliphatic heterocycles. The lowest BCUT2D eigenvalue weighted by Gasteiger charge is -2.20. The number of nitrogens with zero attached hydrogens (tertiary/aromatic N) is 2. The van der Waals surface area contributed by atoms with Crippen molar-refractivity contribution in [2.75, 3.05) is 11.6 Å². The van der Waals surface area contributed by atoms with E-state index in [9.17, 15) is 14.9 Å². The van der Waals surface area contributed by atoms with Gasteiger partial charge in [0.05, 0.1) is 28.2 Å². The van der Waals surface area contributed by atoms with E-state index in [0.717, 1.165) is 17.5 Å². The molecule has 0 aliphatic carbocycles. The standard InChI is InChI=1S/C27H22ClFN4O3S/c1-13-10-18(15(3)31-20-8-9-21(28)32-23(20)27(35)33-37-4)26-19(11-13)24(34)14(2)25(36-26)17-7-5-6-16(12-30)22(17)29/h5-11,15,31H,1-4H3,(H,33,35). The fourth-order valence-electron chi connectivity index (χ4n) is 4.12. The van der Waals surface area contributed by atoms with Gasteiger partial charge in [0.2, 0.25) is 0 Å². The zero-order chi connectivity index (χ0) is 26.9. The van der Waals surface area contributed by atoms with E-state index in [1.807, 2.05) is 26.0 Å². The van der Waals surface area contributed by atoms with Crippen molar-refractivity contribution in [3.8, 4) is 17.4 Å². The second-order valence-electron chi connectivity index (χ2n) is 8.43. The van der Waals surface area contributed by atoms with Crippen LogP contribution in [-0.2, 0) is 0 Å². The van der Waals surface area contributed by atoms with E-state index in [1.165, 1.54) is 18.2 Å². The zero-order valence-corrected chi connectivity index (χ0v) is 22.0. The second-order valence-corrected chi connectivity index (χ2v) is 9.43. The van der Waals surface area contributed by atoms with Crippen LogP contribution in [0.15, 0.2) is 51.7 Å². The Hall–Kier alpha value is -3.87. The molecule has 2 aromatic heterocycles. The minimum atomic E-state index is -0.757. The fourth-order valence-corrected chi connectivity index (χ4v) is 4.55. The molecular weight excluding hydrogens is 515 g/mol. The maximum Gasteiger partial charge on any atom is 0.281 e. The summed E-state index contributed by atoms with van der Waals surface area (Å²) in [6.45, 7) is 5.27. The Labute approximate surface area is 221 Å². The fraction of sp³-hybridized carbons (Fsp3) is 0.185. The van der Waals surface area contributed by atoms with Gasteiger partial charge in [-0.15, -0.1) is 0 Å². The quantitative estimate of drug-likeness (QED) is 0.219. The molecule has 4 rings (SSSR count). The lowest BCUT2D eigenvalue weighted by Crippen LogP contribution is -2.20. The Morgan fingerprint density at radius 1 is 1.24 bits per heavy atom. The summed E-state index contributed by atoms with van der Waals surface area (Å²) in [5.74, 6) is -1.12. The number of fused-ring (bicyclic) bond motifs is 1. The van der Waals surface area contributed by atoms with E-state index in [0.29, 0.717) is 16.6 Å². The number of halogens is 2. The highest BCUT2D eigenvalue weighted by molar-refractivity contribution is 7.97. The summed E-state index contributed by atoms with van der Waals surface area (Å²) < 4.78 is 23.9. The summed E-state index contributed by atoms with van der Waals surface area (Å²) in [6, 6.07) is 12.5. The van der Waals surface area contributed by atoms with Gasteiger partial charge >= 0.3 is 0 Å². The van der Waals surface area contributed by atoms with Crippen molar-refractivity contribution in [3.05, 3.63) is 91.6 Å². The van der Waals surface area contributed by atoms with Gasteiger partial charge in [-0.2, -0.15) is 5.26 Å². The molecule has 0 aliphatic rings. The van der Waals surface area contributed by atoms with Crippen LogP contribution >= 0.6 is 23.5 Å². The number of rotatable bonds is 6. The molecule has 7 nitrogen and oxygen atoms in total. The van der Waals surface area contributed by atoms with Gasteiger partial charge < -0.3 is 9.73 Å². The van der Waals surface area contributed by atoms with Gasteiger partial charge in [0, 0.05) is 17.4 Å². The number of amides is 1. The molecule has 0 saturated carbocycles. The van der Waals surface area contributed by atoms with Crippen LogP contribution in [0.3, 0.4) is 0 Å². The molecule has 2 N–H and O–H groups in total. The number of nitrogens with one attached hydrogen (secondary N) is 2. The maximum absolute atomic E-state index is 15.0. The van der Waals surface area contributed by atoms with Gasteiger partial charge in [-0.25, -0.2) is 9.37 Å². The highest BCUT2D eigenvalue weighted by Crippen LogP contribution is 2.34. The predicted molar refractivity (Wildman–Crippen MR) is 144 cm³/mol. The SMILES string of the molecule is CSNC(=O)c1nc(Cl)ccc1NC(C)c1cc(C)cc2c(=O)c(C)c(-c3cccc(C#N)c3F)oc12. The number of carbonyl (C=O) groups excluding carboxylic acids is 1. The molecule has 188 valence electrons. The Bertz CT molecular complexity index is 1650. The molecule has 0 saturated heterocycles. The average Bonchev–Trinajstić information content (AvgIpc) is 2.87. The van der Waals surface area contributed by atoms with E-state index < -0.39 is 17.8 Å². The molecule has 1 atom stereocenters. The number of anilines is 1. The van der Waals surface area contributed by atoms with Gasteiger partial charge in [0.1, 0.15) is 22.6 Å². The zero-order valence-electron chi connectivity index (χ0n) is 20.4. The Morgan fingerprint density at radius 2 is 2.00 bits per heavy atom. The van der Waals surface area contributed by atoms with Gasteiger partial charge in [-0.05, 0) is 56.7 Å². The molecule has 0 bridgehead atoms. The molecule has 4 aromatic rings. The van der Waals surface area contributed by atoms with Crippen molar-refractivity contribution in [1.29, 1.82) is 5.26 Å². The second kappa shape index (κ2) is 10.6. The van der Waals surface area contributed by atoms with Gasteiger partial charge in [0.25, 0.3) is 5.91 Å². The van der Waals surface area contributed by atoms with Crippen molar-refractivity contribution in [2.45, 2.75) is 26.8 Å². The number of aromatic nitrogens is 1. The topological polar surface area (TPSA) is 108 Å². The first-order chi connectivity index (χ1) is 17.7. The van der Waals surface area contributed by atoms with Gasteiger partial charge in [-0.3, -0.25) is 14.3 Å². The van der Waals surface area contributed by atoms with Crippen LogP contribution in [0.2, 0.25) is 5.15 Å². The first-order valence-corrected chi connectivity index (χ1v) is 12.8. The van der Waals surface area contributed by atoms with Gasteiger partial charge in [-0.1, -0.05) is 35.7 Å². The van der Waals surface area contributed by atoms with Crippen LogP contribution in [0.25, 0.3) is 22.3 Å². The van der Waals surface area contributed by atoms with E-state index in [1.54, 1.807) is 31.4 Å². The largest absolute Gasteiger partial charge is 0.455 e. The molecule has 37 heavy (non-hydrogen) atoms. The summed E-state index contributed by atoms with van der Waals surface area (Å²) in [6.07, 6.45) is 1.72. The highest BCUT2D eigenvalue weighted by Gasteiger charge is 2.23. The van der Waals surface area contributed by atoms with Gasteiger partial charge in [0.15, 0.2) is 16.9 Å². The van der Waals surface area contributed by atoms with Crippen molar-refractivity contribution >= 4 is 46.1 Å². The van der Waals surface area contributed by atoms with E-state index in [2.05, 4.69) is 15.0 Å². The number of carbonyl (C=O) groups is 1. The average molecular weight is 537 g/mol. The van der Waals surface area contributed by atoms with E-state index in [4.69, 9.17) is 16.0 Å². The minimum absolute atomic E-state index is 0.0283. The Morgan fingerprint density at radius 3 is 2.70 bits per heavy atom. The summed E-state index contributed by atoms with van der Waals surface area (Å²) in [7, 11) is 0. The summed E-state index contributed by atoms with van der Waals surface area (Å²) in [4.78, 5) is 30.1. The molecule has 1 amide bonds. The Kier molecular flexibility index (Phi) is 7.52. The lowest BCUT2D eigenvalue weighted by atomic mass is 9.98. The van der Waals surface area contributed by atoms with Crippen LogP contribution < -0.4 is 15.5 Å². The predicted octanol–water partition coefficient (Wildman–Crippen LogP) is 6.32. The molecule has 2 aromatic carbocycles. The molecule has 2 heterocycles. The molecule has 10 heteroatoms. The van der Waals surface area contributed by atoms with Crippen LogP contribution in [0.1, 0.15) is 45.7 Å². The smallest absolute Gasteiger partial charge is 0.281 e. The third-order valence-corrected chi connectivity index (χ3v) is 6.47. The molecule has 0 spiro atoms. The van der Waals surface area contributed by atoms with Crippen LogP contribution in [0.4, 0.5) is 10.1 Å². The van der Waals surface area contributed by atoms with Crippen molar-refractivity contribution in [3.63, 3.8) is 0 Å².